The maximum atomic E-state index is 13.5. The van der Waals surface area contributed by atoms with E-state index in [0.29, 0.717) is 23.4 Å². The zero-order chi connectivity index (χ0) is 31.1. The SMILES string of the molecule is Cc1ccc(CC(=O)Nc2ccc(/C=C/c3ccc(OCc4ccccc4)cc3)cc2C(=O)c2ccccc2)cc1.NC=O. The van der Waals surface area contributed by atoms with Crippen LogP contribution in [0.25, 0.3) is 12.2 Å². The molecule has 0 saturated heterocycles. The molecule has 5 rings (SSSR count). The Morgan fingerprint density at radius 1 is 0.727 bits per heavy atom. The molecule has 0 aliphatic rings. The number of primary amides is 1. The third-order valence-corrected chi connectivity index (χ3v) is 6.68. The first-order valence-electron chi connectivity index (χ1n) is 14.1. The molecule has 0 bridgehead atoms. The summed E-state index contributed by atoms with van der Waals surface area (Å²) in [5, 5.41) is 2.96. The Bertz CT molecular complexity index is 1700. The standard InChI is InChI=1S/C37H31NO3.CH3NO/c1-27-12-14-30(15-13-27)25-36(39)38-35-23-20-29(24-34(35)37(40)32-10-6-3-7-11-32)17-16-28-18-21-33(22-19-28)41-26-31-8-4-2-5-9-31;2-1-3/h2-24H,25-26H2,1H3,(H,38,39);1H,(H2,2,3)/b17-16+;. The number of ether oxygens (including phenoxy) is 1. The van der Waals surface area contributed by atoms with Crippen LogP contribution in [0, 0.1) is 6.92 Å². The van der Waals surface area contributed by atoms with Crippen LogP contribution < -0.4 is 15.8 Å². The molecule has 0 radical (unpaired) electrons. The number of hydrogen-bond acceptors (Lipinski definition) is 4. The minimum atomic E-state index is -0.172. The number of anilines is 1. The molecule has 44 heavy (non-hydrogen) atoms. The minimum Gasteiger partial charge on any atom is -0.489 e. The predicted octanol–water partition coefficient (Wildman–Crippen LogP) is 7.26. The summed E-state index contributed by atoms with van der Waals surface area (Å²) in [5.74, 6) is 0.479. The largest absolute Gasteiger partial charge is 0.489 e. The number of hydrogen-bond donors (Lipinski definition) is 2. The normalized spacial score (nSPS) is 10.4. The first kappa shape index (κ1) is 31.2. The fourth-order valence-electron chi connectivity index (χ4n) is 4.40. The molecule has 0 unspecified atom stereocenters. The lowest BCUT2D eigenvalue weighted by Crippen LogP contribution is -2.17. The van der Waals surface area contributed by atoms with Gasteiger partial charge in [-0.3, -0.25) is 14.4 Å². The van der Waals surface area contributed by atoms with Crippen LogP contribution in [-0.2, 0) is 22.6 Å². The smallest absolute Gasteiger partial charge is 0.228 e. The molecular formula is C38H34N2O4. The van der Waals surface area contributed by atoms with Crippen LogP contribution in [0.5, 0.6) is 5.75 Å². The molecule has 5 aromatic rings. The van der Waals surface area contributed by atoms with Crippen molar-refractivity contribution in [2.24, 2.45) is 5.73 Å². The van der Waals surface area contributed by atoms with Gasteiger partial charge in [0.25, 0.3) is 0 Å². The van der Waals surface area contributed by atoms with Gasteiger partial charge in [-0.1, -0.05) is 121 Å². The van der Waals surface area contributed by atoms with E-state index in [1.54, 1.807) is 18.2 Å². The van der Waals surface area contributed by atoms with Crippen molar-refractivity contribution < 1.29 is 19.1 Å². The van der Waals surface area contributed by atoms with Gasteiger partial charge in [0.15, 0.2) is 5.78 Å². The minimum absolute atomic E-state index is 0.147. The summed E-state index contributed by atoms with van der Waals surface area (Å²) in [6.07, 6.45) is 4.42. The molecule has 0 spiro atoms. The van der Waals surface area contributed by atoms with Gasteiger partial charge < -0.3 is 15.8 Å². The van der Waals surface area contributed by atoms with Gasteiger partial charge in [0, 0.05) is 11.1 Å². The first-order valence-corrected chi connectivity index (χ1v) is 14.1. The van der Waals surface area contributed by atoms with Gasteiger partial charge in [0.05, 0.1) is 12.1 Å². The topological polar surface area (TPSA) is 98.5 Å². The number of nitrogens with one attached hydrogen (secondary N) is 1. The summed E-state index contributed by atoms with van der Waals surface area (Å²) in [6, 6.07) is 40.4. The fraction of sp³-hybridized carbons (Fsp3) is 0.0789. The number of ketones is 1. The van der Waals surface area contributed by atoms with Crippen LogP contribution >= 0.6 is 0 Å². The predicted molar refractivity (Wildman–Crippen MR) is 176 cm³/mol. The number of carbonyl (C=O) groups is 3. The molecule has 0 heterocycles. The van der Waals surface area contributed by atoms with Crippen LogP contribution in [0.1, 0.15) is 43.7 Å². The van der Waals surface area contributed by atoms with E-state index in [1.807, 2.05) is 128 Å². The molecule has 2 amide bonds. The van der Waals surface area contributed by atoms with E-state index in [0.717, 1.165) is 33.6 Å². The lowest BCUT2D eigenvalue weighted by molar-refractivity contribution is -0.115. The quantitative estimate of drug-likeness (QED) is 0.103. The zero-order valence-corrected chi connectivity index (χ0v) is 24.5. The number of carbonyl (C=O) groups excluding carboxylic acids is 3. The van der Waals surface area contributed by atoms with E-state index in [4.69, 9.17) is 9.53 Å². The van der Waals surface area contributed by atoms with Crippen molar-refractivity contribution in [3.63, 3.8) is 0 Å². The van der Waals surface area contributed by atoms with Crippen LogP contribution in [0.3, 0.4) is 0 Å². The van der Waals surface area contributed by atoms with E-state index in [2.05, 4.69) is 11.1 Å². The Morgan fingerprint density at radius 3 is 1.98 bits per heavy atom. The average molecular weight is 583 g/mol. The lowest BCUT2D eigenvalue weighted by Gasteiger charge is -2.12. The Balaban J connectivity index is 0.00000141. The van der Waals surface area contributed by atoms with Crippen molar-refractivity contribution in [1.82, 2.24) is 0 Å². The van der Waals surface area contributed by atoms with E-state index < -0.39 is 0 Å². The third-order valence-electron chi connectivity index (χ3n) is 6.68. The number of amides is 2. The second-order valence-corrected chi connectivity index (χ2v) is 10.0. The van der Waals surface area contributed by atoms with Crippen molar-refractivity contribution in [2.45, 2.75) is 20.0 Å². The van der Waals surface area contributed by atoms with Crippen LogP contribution in [0.2, 0.25) is 0 Å². The molecular weight excluding hydrogens is 548 g/mol. The Kier molecular flexibility index (Phi) is 11.4. The van der Waals surface area contributed by atoms with Crippen molar-refractivity contribution in [3.8, 4) is 5.75 Å². The highest BCUT2D eigenvalue weighted by molar-refractivity contribution is 6.14. The van der Waals surface area contributed by atoms with Gasteiger partial charge in [-0.05, 0) is 53.4 Å². The van der Waals surface area contributed by atoms with Gasteiger partial charge in [-0.2, -0.15) is 0 Å². The Morgan fingerprint density at radius 2 is 1.32 bits per heavy atom. The highest BCUT2D eigenvalue weighted by Gasteiger charge is 2.16. The van der Waals surface area contributed by atoms with Crippen molar-refractivity contribution in [1.29, 1.82) is 0 Å². The first-order chi connectivity index (χ1) is 21.4. The van der Waals surface area contributed by atoms with Crippen molar-refractivity contribution in [3.05, 3.63) is 166 Å². The maximum Gasteiger partial charge on any atom is 0.228 e. The average Bonchev–Trinajstić information content (AvgIpc) is 3.06. The van der Waals surface area contributed by atoms with Gasteiger partial charge in [-0.15, -0.1) is 0 Å². The lowest BCUT2D eigenvalue weighted by atomic mass is 9.98. The summed E-state index contributed by atoms with van der Waals surface area (Å²) in [4.78, 5) is 34.9. The summed E-state index contributed by atoms with van der Waals surface area (Å²) in [7, 11) is 0. The van der Waals surface area contributed by atoms with Crippen LogP contribution in [0.4, 0.5) is 5.69 Å². The monoisotopic (exact) mass is 582 g/mol. The number of nitrogens with two attached hydrogens (primary N) is 1. The van der Waals surface area contributed by atoms with Crippen molar-refractivity contribution >= 4 is 35.9 Å². The van der Waals surface area contributed by atoms with Gasteiger partial charge in [-0.25, -0.2) is 0 Å². The van der Waals surface area contributed by atoms with E-state index in [9.17, 15) is 9.59 Å². The van der Waals surface area contributed by atoms with Gasteiger partial charge in [0.1, 0.15) is 12.4 Å². The van der Waals surface area contributed by atoms with Gasteiger partial charge >= 0.3 is 0 Å². The number of rotatable bonds is 10. The summed E-state index contributed by atoms with van der Waals surface area (Å²) in [5.41, 5.74) is 10.7. The third kappa shape index (κ3) is 9.39. The number of aryl methyl sites for hydroxylation is 1. The molecule has 220 valence electrons. The molecule has 0 atom stereocenters. The molecule has 0 aliphatic heterocycles. The fourth-order valence-corrected chi connectivity index (χ4v) is 4.40. The second kappa shape index (κ2) is 16.0. The highest BCUT2D eigenvalue weighted by Crippen LogP contribution is 2.24. The molecule has 6 heteroatoms. The highest BCUT2D eigenvalue weighted by atomic mass is 16.5. The number of benzene rings is 5. The Labute approximate surface area is 257 Å². The van der Waals surface area contributed by atoms with Crippen LogP contribution in [0.15, 0.2) is 127 Å². The van der Waals surface area contributed by atoms with Crippen LogP contribution in [-0.4, -0.2) is 18.1 Å². The molecule has 0 aliphatic carbocycles. The van der Waals surface area contributed by atoms with E-state index >= 15 is 0 Å². The summed E-state index contributed by atoms with van der Waals surface area (Å²) >= 11 is 0. The molecule has 6 nitrogen and oxygen atoms in total. The summed E-state index contributed by atoms with van der Waals surface area (Å²) in [6.45, 7) is 2.53. The molecule has 5 aromatic carbocycles. The summed E-state index contributed by atoms with van der Waals surface area (Å²) < 4.78 is 5.89. The molecule has 0 aromatic heterocycles. The van der Waals surface area contributed by atoms with E-state index in [1.165, 1.54) is 0 Å². The van der Waals surface area contributed by atoms with E-state index in [-0.39, 0.29) is 24.5 Å². The molecule has 0 fully saturated rings. The zero-order valence-electron chi connectivity index (χ0n) is 24.5. The van der Waals surface area contributed by atoms with Gasteiger partial charge in [0.2, 0.25) is 12.3 Å². The Hall–Kier alpha value is -5.75. The molecule has 3 N–H and O–H groups in total. The van der Waals surface area contributed by atoms with Crippen molar-refractivity contribution in [2.75, 3.05) is 5.32 Å². The second-order valence-electron chi connectivity index (χ2n) is 10.0. The maximum absolute atomic E-state index is 13.5. The molecule has 0 saturated carbocycles.